The second-order valence-corrected chi connectivity index (χ2v) is 8.17. The van der Waals surface area contributed by atoms with Crippen LogP contribution in [0.2, 0.25) is 0 Å². The van der Waals surface area contributed by atoms with Gasteiger partial charge in [-0.15, -0.1) is 11.3 Å². The summed E-state index contributed by atoms with van der Waals surface area (Å²) in [5.41, 5.74) is 8.67. The maximum atomic E-state index is 11.8. The summed E-state index contributed by atoms with van der Waals surface area (Å²) in [7, 11) is 5.52. The van der Waals surface area contributed by atoms with Crippen LogP contribution in [0.15, 0.2) is 24.3 Å². The van der Waals surface area contributed by atoms with Crippen molar-refractivity contribution in [2.24, 2.45) is 0 Å². The van der Waals surface area contributed by atoms with E-state index in [4.69, 9.17) is 5.73 Å². The molecule has 3 N–H and O–H groups in total. The molecule has 0 aliphatic carbocycles. The predicted molar refractivity (Wildman–Crippen MR) is 114 cm³/mol. The van der Waals surface area contributed by atoms with Crippen LogP contribution in [0.1, 0.15) is 29.5 Å². The molecule has 0 bridgehead atoms. The van der Waals surface area contributed by atoms with Gasteiger partial charge >= 0.3 is 0 Å². The van der Waals surface area contributed by atoms with Crippen molar-refractivity contribution in [2.75, 3.05) is 38.7 Å². The van der Waals surface area contributed by atoms with Crippen LogP contribution >= 0.6 is 11.3 Å². The van der Waals surface area contributed by atoms with Gasteiger partial charge in [0.15, 0.2) is 5.13 Å². The first-order valence-corrected chi connectivity index (χ1v) is 10.1. The summed E-state index contributed by atoms with van der Waals surface area (Å²) < 4.78 is 0. The van der Waals surface area contributed by atoms with Gasteiger partial charge in [-0.1, -0.05) is 12.1 Å². The van der Waals surface area contributed by atoms with Crippen molar-refractivity contribution in [2.45, 2.75) is 32.7 Å². The molecule has 0 fully saturated rings. The zero-order chi connectivity index (χ0) is 20.7. The van der Waals surface area contributed by atoms with Crippen LogP contribution in [-0.2, 0) is 29.0 Å². The molecular formula is C20H29N5O2S. The Balaban J connectivity index is 2.05. The van der Waals surface area contributed by atoms with Gasteiger partial charge in [0, 0.05) is 51.1 Å². The fraction of sp³-hybridized carbons (Fsp3) is 0.450. The van der Waals surface area contributed by atoms with Gasteiger partial charge < -0.3 is 20.9 Å². The summed E-state index contributed by atoms with van der Waals surface area (Å²) in [5.74, 6) is -0.0195. The van der Waals surface area contributed by atoms with Crippen molar-refractivity contribution in [1.82, 2.24) is 14.8 Å². The van der Waals surface area contributed by atoms with E-state index in [0.29, 0.717) is 24.6 Å². The Morgan fingerprint density at radius 1 is 1.14 bits per heavy atom. The first-order valence-electron chi connectivity index (χ1n) is 9.24. The minimum atomic E-state index is -0.129. The summed E-state index contributed by atoms with van der Waals surface area (Å²) in [4.78, 5) is 32.7. The molecule has 8 heteroatoms. The third-order valence-electron chi connectivity index (χ3n) is 4.31. The summed E-state index contributed by atoms with van der Waals surface area (Å²) in [6, 6.07) is 7.84. The lowest BCUT2D eigenvalue weighted by Crippen LogP contribution is -2.27. The topological polar surface area (TPSA) is 91.6 Å². The van der Waals surface area contributed by atoms with E-state index in [1.807, 2.05) is 31.3 Å². The van der Waals surface area contributed by atoms with Crippen molar-refractivity contribution in [3.63, 3.8) is 0 Å². The van der Waals surface area contributed by atoms with Crippen LogP contribution in [0, 0.1) is 0 Å². The largest absolute Gasteiger partial charge is 0.399 e. The van der Waals surface area contributed by atoms with E-state index in [1.54, 1.807) is 19.0 Å². The van der Waals surface area contributed by atoms with Crippen LogP contribution < -0.4 is 11.1 Å². The molecular weight excluding hydrogens is 374 g/mol. The molecule has 0 atom stereocenters. The first-order chi connectivity index (χ1) is 13.2. The Morgan fingerprint density at radius 2 is 1.82 bits per heavy atom. The third kappa shape index (κ3) is 6.94. The van der Waals surface area contributed by atoms with E-state index in [0.717, 1.165) is 29.1 Å². The summed E-state index contributed by atoms with van der Waals surface area (Å²) in [6.07, 6.45) is 2.10. The highest BCUT2D eigenvalue weighted by molar-refractivity contribution is 7.15. The molecule has 0 spiro atoms. The van der Waals surface area contributed by atoms with E-state index in [1.165, 1.54) is 23.8 Å². The van der Waals surface area contributed by atoms with Crippen LogP contribution in [-0.4, -0.2) is 54.3 Å². The number of thiazole rings is 1. The molecule has 1 aromatic carbocycles. The third-order valence-corrected chi connectivity index (χ3v) is 5.31. The van der Waals surface area contributed by atoms with Crippen molar-refractivity contribution in [1.29, 1.82) is 0 Å². The monoisotopic (exact) mass is 403 g/mol. The van der Waals surface area contributed by atoms with Gasteiger partial charge in [0.2, 0.25) is 11.8 Å². The van der Waals surface area contributed by atoms with Gasteiger partial charge in [-0.25, -0.2) is 4.98 Å². The zero-order valence-electron chi connectivity index (χ0n) is 17.0. The number of carbonyl (C=O) groups excluding carboxylic acids is 2. The number of nitrogen functional groups attached to an aromatic ring is 1. The number of nitrogens with zero attached hydrogens (tertiary/aromatic N) is 3. The molecule has 1 aromatic heterocycles. The maximum Gasteiger partial charge on any atom is 0.223 e. The normalized spacial score (nSPS) is 10.9. The van der Waals surface area contributed by atoms with E-state index in [2.05, 4.69) is 15.2 Å². The van der Waals surface area contributed by atoms with Gasteiger partial charge in [0.25, 0.3) is 0 Å². The summed E-state index contributed by atoms with van der Waals surface area (Å²) >= 11 is 1.49. The number of hydrogen-bond donors (Lipinski definition) is 2. The van der Waals surface area contributed by atoms with Gasteiger partial charge in [0.1, 0.15) is 0 Å². The average Bonchev–Trinajstić information content (AvgIpc) is 2.99. The Hall–Kier alpha value is -2.45. The van der Waals surface area contributed by atoms with Gasteiger partial charge in [-0.2, -0.15) is 0 Å². The molecule has 0 aliphatic heterocycles. The van der Waals surface area contributed by atoms with Crippen molar-refractivity contribution in [3.05, 3.63) is 40.4 Å². The summed E-state index contributed by atoms with van der Waals surface area (Å²) in [5, 5.41) is 3.40. The molecule has 152 valence electrons. The van der Waals surface area contributed by atoms with Crippen LogP contribution in [0.5, 0.6) is 0 Å². The molecule has 1 heterocycles. The lowest BCUT2D eigenvalue weighted by atomic mass is 10.1. The molecule has 2 rings (SSSR count). The molecule has 0 radical (unpaired) electrons. The van der Waals surface area contributed by atoms with Gasteiger partial charge in [-0.3, -0.25) is 9.59 Å². The van der Waals surface area contributed by atoms with E-state index >= 15 is 0 Å². The Labute approximate surface area is 170 Å². The molecule has 0 saturated carbocycles. The maximum absolute atomic E-state index is 11.8. The fourth-order valence-electron chi connectivity index (χ4n) is 2.69. The van der Waals surface area contributed by atoms with Crippen LogP contribution in [0.3, 0.4) is 0 Å². The smallest absolute Gasteiger partial charge is 0.223 e. The van der Waals surface area contributed by atoms with E-state index < -0.39 is 0 Å². The number of amides is 2. The fourth-order valence-corrected chi connectivity index (χ4v) is 3.82. The second-order valence-electron chi connectivity index (χ2n) is 7.09. The van der Waals surface area contributed by atoms with Gasteiger partial charge in [0.05, 0.1) is 5.69 Å². The van der Waals surface area contributed by atoms with Crippen LogP contribution in [0.4, 0.5) is 10.8 Å². The Bertz CT molecular complexity index is 801. The van der Waals surface area contributed by atoms with E-state index in [9.17, 15) is 9.59 Å². The Kier molecular flexibility index (Phi) is 7.95. The number of aromatic nitrogens is 1. The lowest BCUT2D eigenvalue weighted by molar-refractivity contribution is -0.129. The standard InChI is InChI=1S/C20H29N5O2S/c1-14(26)22-20-23-17(10-7-15-5-8-16(21)9-6-15)18(28-20)13-25(4)12-11-19(27)24(2)3/h5-6,8-9H,7,10-13,21H2,1-4H3,(H,22,23,26). The molecule has 0 saturated heterocycles. The molecule has 2 amide bonds. The number of hydrogen-bond acceptors (Lipinski definition) is 6. The van der Waals surface area contributed by atoms with Crippen molar-refractivity contribution >= 4 is 34.0 Å². The highest BCUT2D eigenvalue weighted by Gasteiger charge is 2.15. The molecule has 28 heavy (non-hydrogen) atoms. The zero-order valence-corrected chi connectivity index (χ0v) is 17.8. The molecule has 2 aromatic rings. The molecule has 0 aliphatic rings. The number of nitrogens with two attached hydrogens (primary N) is 1. The number of nitrogens with one attached hydrogen (secondary N) is 1. The lowest BCUT2D eigenvalue weighted by Gasteiger charge is -2.17. The molecule has 7 nitrogen and oxygen atoms in total. The number of anilines is 2. The second kappa shape index (κ2) is 10.2. The highest BCUT2D eigenvalue weighted by Crippen LogP contribution is 2.26. The minimum Gasteiger partial charge on any atom is -0.399 e. The van der Waals surface area contributed by atoms with Crippen molar-refractivity contribution in [3.8, 4) is 0 Å². The number of rotatable bonds is 9. The quantitative estimate of drug-likeness (QED) is 0.627. The van der Waals surface area contributed by atoms with E-state index in [-0.39, 0.29) is 11.8 Å². The minimum absolute atomic E-state index is 0.110. The number of benzene rings is 1. The van der Waals surface area contributed by atoms with Gasteiger partial charge in [-0.05, 0) is 37.6 Å². The highest BCUT2D eigenvalue weighted by atomic mass is 32.1. The molecule has 0 unspecified atom stereocenters. The average molecular weight is 404 g/mol. The van der Waals surface area contributed by atoms with Crippen LogP contribution in [0.25, 0.3) is 0 Å². The summed E-state index contributed by atoms with van der Waals surface area (Å²) in [6.45, 7) is 2.84. The number of carbonyl (C=O) groups is 2. The Morgan fingerprint density at radius 3 is 2.43 bits per heavy atom. The predicted octanol–water partition coefficient (Wildman–Crippen LogP) is 2.38. The number of aryl methyl sites for hydroxylation is 2. The SMILES string of the molecule is CC(=O)Nc1nc(CCc2ccc(N)cc2)c(CN(C)CCC(=O)N(C)C)s1. The van der Waals surface area contributed by atoms with Crippen molar-refractivity contribution < 1.29 is 9.59 Å². The first kappa shape index (κ1) is 21.8.